The first-order valence-corrected chi connectivity index (χ1v) is 10.3. The molecule has 7 heteroatoms. The monoisotopic (exact) mass is 410 g/mol. The van der Waals surface area contributed by atoms with Gasteiger partial charge in [0.25, 0.3) is 0 Å². The number of nitrogens with one attached hydrogen (secondary N) is 1. The fourth-order valence-corrected chi connectivity index (χ4v) is 3.66. The minimum absolute atomic E-state index is 0.148. The normalized spacial score (nSPS) is 16.6. The van der Waals surface area contributed by atoms with E-state index in [2.05, 4.69) is 22.4 Å². The van der Waals surface area contributed by atoms with E-state index >= 15 is 0 Å². The van der Waals surface area contributed by atoms with Gasteiger partial charge < -0.3 is 14.7 Å². The molecule has 0 bridgehead atoms. The second-order valence-corrected chi connectivity index (χ2v) is 7.59. The number of benzene rings is 2. The van der Waals surface area contributed by atoms with E-state index in [0.717, 1.165) is 36.9 Å². The second kappa shape index (κ2) is 8.66. The van der Waals surface area contributed by atoms with Crippen molar-refractivity contribution in [3.63, 3.8) is 0 Å². The van der Waals surface area contributed by atoms with Gasteiger partial charge >= 0.3 is 6.03 Å². The van der Waals surface area contributed by atoms with Gasteiger partial charge in [-0.2, -0.15) is 4.98 Å². The Morgan fingerprint density at radius 3 is 2.66 bits per heavy atom. The van der Waals surface area contributed by atoms with Gasteiger partial charge in [0.2, 0.25) is 11.7 Å². The molecule has 2 aromatic carbocycles. The second-order valence-electron chi connectivity index (χ2n) is 7.15. The van der Waals surface area contributed by atoms with Gasteiger partial charge in [0.1, 0.15) is 6.04 Å². The Kier molecular flexibility index (Phi) is 5.81. The van der Waals surface area contributed by atoms with Crippen molar-refractivity contribution in [1.29, 1.82) is 0 Å². The van der Waals surface area contributed by atoms with E-state index < -0.39 is 0 Å². The van der Waals surface area contributed by atoms with Crippen LogP contribution in [0, 0.1) is 0 Å². The van der Waals surface area contributed by atoms with E-state index in [9.17, 15) is 4.79 Å². The van der Waals surface area contributed by atoms with Crippen LogP contribution in [0.5, 0.6) is 0 Å². The summed E-state index contributed by atoms with van der Waals surface area (Å²) in [7, 11) is 0. The van der Waals surface area contributed by atoms with Gasteiger partial charge in [-0.15, -0.1) is 0 Å². The Hall–Kier alpha value is -2.86. The van der Waals surface area contributed by atoms with Crippen LogP contribution in [-0.2, 0) is 6.42 Å². The number of urea groups is 1. The minimum Gasteiger partial charge on any atom is -0.337 e. The van der Waals surface area contributed by atoms with Crippen molar-refractivity contribution in [3.05, 3.63) is 65.0 Å². The van der Waals surface area contributed by atoms with E-state index in [1.807, 2.05) is 36.4 Å². The summed E-state index contributed by atoms with van der Waals surface area (Å²) in [4.78, 5) is 19.3. The number of rotatable bonds is 4. The lowest BCUT2D eigenvalue weighted by Gasteiger charge is -2.33. The van der Waals surface area contributed by atoms with Crippen LogP contribution in [0.2, 0.25) is 5.02 Å². The van der Waals surface area contributed by atoms with Gasteiger partial charge in [-0.1, -0.05) is 35.8 Å². The maximum atomic E-state index is 12.9. The molecule has 1 N–H and O–H groups in total. The van der Waals surface area contributed by atoms with Crippen molar-refractivity contribution < 1.29 is 9.32 Å². The van der Waals surface area contributed by atoms with Crippen molar-refractivity contribution >= 4 is 23.3 Å². The van der Waals surface area contributed by atoms with Crippen LogP contribution < -0.4 is 5.32 Å². The molecule has 1 aromatic heterocycles. The summed E-state index contributed by atoms with van der Waals surface area (Å²) in [6.45, 7) is 2.76. The molecule has 1 saturated heterocycles. The van der Waals surface area contributed by atoms with Crippen LogP contribution in [0.4, 0.5) is 10.5 Å². The molecule has 150 valence electrons. The zero-order valence-electron chi connectivity index (χ0n) is 16.3. The van der Waals surface area contributed by atoms with Crippen LogP contribution in [0.1, 0.15) is 43.7 Å². The van der Waals surface area contributed by atoms with Crippen molar-refractivity contribution in [2.75, 3.05) is 11.9 Å². The number of piperidine rings is 1. The highest BCUT2D eigenvalue weighted by Gasteiger charge is 2.32. The number of anilines is 1. The van der Waals surface area contributed by atoms with Gasteiger partial charge in [-0.3, -0.25) is 0 Å². The topological polar surface area (TPSA) is 71.3 Å². The maximum absolute atomic E-state index is 12.9. The van der Waals surface area contributed by atoms with Crippen molar-refractivity contribution in [2.45, 2.75) is 38.6 Å². The number of hydrogen-bond acceptors (Lipinski definition) is 4. The predicted molar refractivity (Wildman–Crippen MR) is 113 cm³/mol. The summed E-state index contributed by atoms with van der Waals surface area (Å²) in [5, 5.41) is 7.74. The van der Waals surface area contributed by atoms with Gasteiger partial charge in [0.15, 0.2) is 0 Å². The first kappa shape index (κ1) is 19.5. The van der Waals surface area contributed by atoms with Crippen LogP contribution in [0.15, 0.2) is 53.1 Å². The first-order valence-electron chi connectivity index (χ1n) is 9.90. The molecule has 3 aromatic rings. The molecule has 1 unspecified atom stereocenters. The smallest absolute Gasteiger partial charge is 0.322 e. The summed E-state index contributed by atoms with van der Waals surface area (Å²) in [5.41, 5.74) is 2.84. The average Bonchev–Trinajstić information content (AvgIpc) is 3.25. The van der Waals surface area contributed by atoms with Gasteiger partial charge in [0, 0.05) is 22.8 Å². The van der Waals surface area contributed by atoms with Crippen LogP contribution >= 0.6 is 11.6 Å². The molecule has 6 nitrogen and oxygen atoms in total. The lowest BCUT2D eigenvalue weighted by Crippen LogP contribution is -2.41. The van der Waals surface area contributed by atoms with Crippen LogP contribution in [0.3, 0.4) is 0 Å². The van der Waals surface area contributed by atoms with E-state index in [-0.39, 0.29) is 12.1 Å². The van der Waals surface area contributed by atoms with E-state index in [1.165, 1.54) is 5.56 Å². The summed E-state index contributed by atoms with van der Waals surface area (Å²) >= 11 is 5.95. The highest BCUT2D eigenvalue weighted by Crippen LogP contribution is 2.32. The average molecular weight is 411 g/mol. The Labute approximate surface area is 174 Å². The first-order chi connectivity index (χ1) is 14.1. The zero-order chi connectivity index (χ0) is 20.2. The summed E-state index contributed by atoms with van der Waals surface area (Å²) in [6, 6.07) is 14.8. The lowest BCUT2D eigenvalue weighted by molar-refractivity contribution is 0.142. The lowest BCUT2D eigenvalue weighted by atomic mass is 10.0. The molecule has 2 amide bonds. The SMILES string of the molecule is CCc1ccc(NC(=O)N2CCCCC2c2nc(-c3ccc(Cl)cc3)no2)cc1. The molecule has 4 rings (SSSR count). The fourth-order valence-electron chi connectivity index (χ4n) is 3.54. The van der Waals surface area contributed by atoms with Crippen molar-refractivity contribution in [2.24, 2.45) is 0 Å². The number of carbonyl (C=O) groups is 1. The number of likely N-dealkylation sites (tertiary alicyclic amines) is 1. The summed E-state index contributed by atoms with van der Waals surface area (Å²) in [6.07, 6.45) is 3.73. The Morgan fingerprint density at radius 1 is 1.17 bits per heavy atom. The zero-order valence-corrected chi connectivity index (χ0v) is 17.0. The number of nitrogens with zero attached hydrogens (tertiary/aromatic N) is 3. The number of amides is 2. The molecule has 29 heavy (non-hydrogen) atoms. The highest BCUT2D eigenvalue weighted by atomic mass is 35.5. The molecule has 2 heterocycles. The van der Waals surface area contributed by atoms with E-state index in [1.54, 1.807) is 17.0 Å². The fraction of sp³-hybridized carbons (Fsp3) is 0.318. The Morgan fingerprint density at radius 2 is 1.93 bits per heavy atom. The number of aryl methyl sites for hydroxylation is 1. The Balaban J connectivity index is 1.51. The van der Waals surface area contributed by atoms with Crippen LogP contribution in [-0.4, -0.2) is 27.6 Å². The van der Waals surface area contributed by atoms with Crippen LogP contribution in [0.25, 0.3) is 11.4 Å². The molecular weight excluding hydrogens is 388 g/mol. The summed E-state index contributed by atoms with van der Waals surface area (Å²) < 4.78 is 5.53. The molecule has 1 aliphatic rings. The third kappa shape index (κ3) is 4.43. The highest BCUT2D eigenvalue weighted by molar-refractivity contribution is 6.30. The molecule has 0 radical (unpaired) electrons. The number of hydrogen-bond donors (Lipinski definition) is 1. The molecular formula is C22H23ClN4O2. The van der Waals surface area contributed by atoms with Gasteiger partial charge in [-0.05, 0) is 67.6 Å². The predicted octanol–water partition coefficient (Wildman–Crippen LogP) is 5.71. The molecule has 1 atom stereocenters. The minimum atomic E-state index is -0.229. The van der Waals surface area contributed by atoms with Gasteiger partial charge in [0.05, 0.1) is 0 Å². The van der Waals surface area contributed by atoms with Gasteiger partial charge in [-0.25, -0.2) is 4.79 Å². The maximum Gasteiger partial charge on any atom is 0.322 e. The molecule has 1 fully saturated rings. The molecule has 0 saturated carbocycles. The van der Waals surface area contributed by atoms with Crippen molar-refractivity contribution in [3.8, 4) is 11.4 Å². The standard InChI is InChI=1S/C22H23ClN4O2/c1-2-15-6-12-18(13-7-15)24-22(28)27-14-4-3-5-19(27)21-25-20(26-29-21)16-8-10-17(23)11-9-16/h6-13,19H,2-5,14H2,1H3,(H,24,28). The molecule has 1 aliphatic heterocycles. The van der Waals surface area contributed by atoms with E-state index in [0.29, 0.717) is 23.3 Å². The largest absolute Gasteiger partial charge is 0.337 e. The number of halogens is 1. The molecule has 0 spiro atoms. The number of aromatic nitrogens is 2. The molecule has 0 aliphatic carbocycles. The third-order valence-electron chi connectivity index (χ3n) is 5.21. The third-order valence-corrected chi connectivity index (χ3v) is 5.46. The summed E-state index contributed by atoms with van der Waals surface area (Å²) in [5.74, 6) is 0.962. The van der Waals surface area contributed by atoms with Crippen molar-refractivity contribution in [1.82, 2.24) is 15.0 Å². The Bertz CT molecular complexity index is 969. The van der Waals surface area contributed by atoms with E-state index in [4.69, 9.17) is 16.1 Å². The quantitative estimate of drug-likeness (QED) is 0.597. The number of carbonyl (C=O) groups excluding carboxylic acids is 1.